The topological polar surface area (TPSA) is 76.7 Å². The van der Waals surface area contributed by atoms with E-state index < -0.39 is 5.25 Å². The van der Waals surface area contributed by atoms with Crippen molar-refractivity contribution in [2.24, 2.45) is 0 Å². The van der Waals surface area contributed by atoms with E-state index in [0.717, 1.165) is 16.0 Å². The smallest absolute Gasteiger partial charge is 0.248 e. The molecule has 4 aromatic carbocycles. The fourth-order valence-electron chi connectivity index (χ4n) is 3.79. The molecule has 184 valence electrons. The Morgan fingerprint density at radius 1 is 0.757 bits per heavy atom. The first-order valence-corrected chi connectivity index (χ1v) is 12.6. The molecule has 7 heteroatoms. The second-order valence-corrected chi connectivity index (χ2v) is 9.41. The lowest BCUT2D eigenvalue weighted by molar-refractivity contribution is -0.116. The van der Waals surface area contributed by atoms with Gasteiger partial charge in [0.1, 0.15) is 5.25 Å². The monoisotopic (exact) mass is 508 g/mol. The summed E-state index contributed by atoms with van der Waals surface area (Å²) in [6.07, 6.45) is 3.26. The SMILES string of the molecule is O=C(/C=C/c1ccccc1)Nc1cccc(SC(C(=O)Nc2ccc3c(c2)OCO3)c2ccccc2)c1. The highest BCUT2D eigenvalue weighted by atomic mass is 32.2. The zero-order valence-corrected chi connectivity index (χ0v) is 20.6. The summed E-state index contributed by atoms with van der Waals surface area (Å²) in [6.45, 7) is 0.171. The maximum absolute atomic E-state index is 13.4. The van der Waals surface area contributed by atoms with Crippen molar-refractivity contribution >= 4 is 41.0 Å². The molecule has 0 aromatic heterocycles. The van der Waals surface area contributed by atoms with Gasteiger partial charge in [-0.15, -0.1) is 11.8 Å². The van der Waals surface area contributed by atoms with Crippen LogP contribution in [0, 0.1) is 0 Å². The Balaban J connectivity index is 1.30. The molecular weight excluding hydrogens is 484 g/mol. The Morgan fingerprint density at radius 2 is 1.49 bits per heavy atom. The number of thioether (sulfide) groups is 1. The molecule has 0 saturated heterocycles. The van der Waals surface area contributed by atoms with Crippen molar-refractivity contribution in [3.05, 3.63) is 120 Å². The van der Waals surface area contributed by atoms with Crippen LogP contribution in [0.4, 0.5) is 11.4 Å². The minimum atomic E-state index is -0.518. The fourth-order valence-corrected chi connectivity index (χ4v) is 4.87. The van der Waals surface area contributed by atoms with Crippen LogP contribution >= 0.6 is 11.8 Å². The van der Waals surface area contributed by atoms with Crippen LogP contribution in [0.2, 0.25) is 0 Å². The van der Waals surface area contributed by atoms with E-state index >= 15 is 0 Å². The second-order valence-electron chi connectivity index (χ2n) is 8.23. The number of carbonyl (C=O) groups is 2. The average Bonchev–Trinajstić information content (AvgIpc) is 3.40. The molecule has 0 fully saturated rings. The van der Waals surface area contributed by atoms with E-state index in [2.05, 4.69) is 10.6 Å². The molecule has 0 spiro atoms. The summed E-state index contributed by atoms with van der Waals surface area (Å²) in [4.78, 5) is 26.7. The first kappa shape index (κ1) is 24.2. The van der Waals surface area contributed by atoms with E-state index in [4.69, 9.17) is 9.47 Å². The van der Waals surface area contributed by atoms with Gasteiger partial charge in [0, 0.05) is 28.4 Å². The largest absolute Gasteiger partial charge is 0.454 e. The lowest BCUT2D eigenvalue weighted by Gasteiger charge is -2.18. The lowest BCUT2D eigenvalue weighted by Crippen LogP contribution is -2.19. The molecule has 1 atom stereocenters. The third-order valence-corrected chi connectivity index (χ3v) is 6.81. The van der Waals surface area contributed by atoms with Crippen LogP contribution in [-0.4, -0.2) is 18.6 Å². The molecule has 1 aliphatic heterocycles. The Bertz CT molecular complexity index is 1420. The Kier molecular flexibility index (Phi) is 7.52. The van der Waals surface area contributed by atoms with Gasteiger partial charge in [-0.05, 0) is 47.5 Å². The molecule has 0 bridgehead atoms. The Hall–Kier alpha value is -4.49. The molecule has 4 aromatic rings. The van der Waals surface area contributed by atoms with Crippen molar-refractivity contribution in [3.63, 3.8) is 0 Å². The zero-order chi connectivity index (χ0) is 25.5. The number of ether oxygens (including phenoxy) is 2. The minimum Gasteiger partial charge on any atom is -0.454 e. The molecule has 0 saturated carbocycles. The van der Waals surface area contributed by atoms with E-state index in [1.807, 2.05) is 84.9 Å². The predicted molar refractivity (Wildman–Crippen MR) is 147 cm³/mol. The number of hydrogen-bond donors (Lipinski definition) is 2. The summed E-state index contributed by atoms with van der Waals surface area (Å²) in [7, 11) is 0. The summed E-state index contributed by atoms with van der Waals surface area (Å²) in [5.74, 6) is 0.859. The van der Waals surface area contributed by atoms with Gasteiger partial charge in [-0.3, -0.25) is 9.59 Å². The van der Waals surface area contributed by atoms with Crippen LogP contribution in [0.3, 0.4) is 0 Å². The predicted octanol–water partition coefficient (Wildman–Crippen LogP) is 6.54. The number of rotatable bonds is 8. The Labute approximate surface area is 219 Å². The summed E-state index contributed by atoms with van der Waals surface area (Å²) in [5, 5.41) is 5.37. The van der Waals surface area contributed by atoms with Gasteiger partial charge in [0.05, 0.1) is 0 Å². The first-order valence-electron chi connectivity index (χ1n) is 11.7. The van der Waals surface area contributed by atoms with Crippen molar-refractivity contribution in [1.29, 1.82) is 0 Å². The maximum atomic E-state index is 13.4. The van der Waals surface area contributed by atoms with E-state index in [1.54, 1.807) is 24.3 Å². The molecule has 2 amide bonds. The highest BCUT2D eigenvalue weighted by Gasteiger charge is 2.23. The van der Waals surface area contributed by atoms with Gasteiger partial charge in [0.25, 0.3) is 0 Å². The van der Waals surface area contributed by atoms with Gasteiger partial charge in [-0.1, -0.05) is 66.7 Å². The number of hydrogen-bond acceptors (Lipinski definition) is 5. The zero-order valence-electron chi connectivity index (χ0n) is 19.8. The number of anilines is 2. The summed E-state index contributed by atoms with van der Waals surface area (Å²) in [5.41, 5.74) is 3.09. The van der Waals surface area contributed by atoms with Gasteiger partial charge in [0.2, 0.25) is 18.6 Å². The molecule has 1 heterocycles. The van der Waals surface area contributed by atoms with E-state index in [-0.39, 0.29) is 18.6 Å². The van der Waals surface area contributed by atoms with E-state index in [1.165, 1.54) is 17.8 Å². The van der Waals surface area contributed by atoms with Crippen LogP contribution < -0.4 is 20.1 Å². The van der Waals surface area contributed by atoms with Gasteiger partial charge >= 0.3 is 0 Å². The van der Waals surface area contributed by atoms with Crippen LogP contribution in [0.15, 0.2) is 114 Å². The van der Waals surface area contributed by atoms with Crippen molar-refractivity contribution in [1.82, 2.24) is 0 Å². The van der Waals surface area contributed by atoms with Gasteiger partial charge < -0.3 is 20.1 Å². The third-order valence-electron chi connectivity index (χ3n) is 5.56. The van der Waals surface area contributed by atoms with Gasteiger partial charge in [0.15, 0.2) is 11.5 Å². The average molecular weight is 509 g/mol. The molecule has 0 radical (unpaired) electrons. The number of carbonyl (C=O) groups excluding carboxylic acids is 2. The summed E-state index contributed by atoms with van der Waals surface area (Å²) < 4.78 is 10.8. The number of benzene rings is 4. The number of amides is 2. The maximum Gasteiger partial charge on any atom is 0.248 e. The van der Waals surface area contributed by atoms with E-state index in [0.29, 0.717) is 22.9 Å². The normalized spacial score (nSPS) is 12.8. The van der Waals surface area contributed by atoms with Gasteiger partial charge in [-0.25, -0.2) is 0 Å². The summed E-state index contributed by atoms with van der Waals surface area (Å²) >= 11 is 1.41. The molecule has 6 nitrogen and oxygen atoms in total. The molecule has 37 heavy (non-hydrogen) atoms. The van der Waals surface area contributed by atoms with Gasteiger partial charge in [-0.2, -0.15) is 0 Å². The minimum absolute atomic E-state index is 0.171. The standard InChI is InChI=1S/C30H24N2O4S/c33-28(17-14-21-8-3-1-4-9-21)31-23-12-7-13-25(18-23)37-29(22-10-5-2-6-11-22)30(34)32-24-15-16-26-27(19-24)36-20-35-26/h1-19,29H,20H2,(H,31,33)(H,32,34)/b17-14+. The van der Waals surface area contributed by atoms with Crippen molar-refractivity contribution in [2.75, 3.05) is 17.4 Å². The number of nitrogens with one attached hydrogen (secondary N) is 2. The molecule has 2 N–H and O–H groups in total. The first-order chi connectivity index (χ1) is 18.1. The van der Waals surface area contributed by atoms with E-state index in [9.17, 15) is 9.59 Å². The van der Waals surface area contributed by atoms with Crippen molar-refractivity contribution in [3.8, 4) is 11.5 Å². The van der Waals surface area contributed by atoms with Crippen LogP contribution in [0.5, 0.6) is 11.5 Å². The van der Waals surface area contributed by atoms with Crippen LogP contribution in [0.25, 0.3) is 6.08 Å². The molecule has 1 unspecified atom stereocenters. The summed E-state index contributed by atoms with van der Waals surface area (Å²) in [6, 6.07) is 32.0. The lowest BCUT2D eigenvalue weighted by atomic mass is 10.1. The third kappa shape index (κ3) is 6.39. The molecule has 5 rings (SSSR count). The highest BCUT2D eigenvalue weighted by molar-refractivity contribution is 8.00. The Morgan fingerprint density at radius 3 is 2.30 bits per heavy atom. The highest BCUT2D eigenvalue weighted by Crippen LogP contribution is 2.38. The van der Waals surface area contributed by atoms with Crippen molar-refractivity contribution in [2.45, 2.75) is 10.1 Å². The van der Waals surface area contributed by atoms with Crippen molar-refractivity contribution < 1.29 is 19.1 Å². The quantitative estimate of drug-likeness (QED) is 0.209. The molecular formula is C30H24N2O4S. The molecule has 0 aliphatic carbocycles. The van der Waals surface area contributed by atoms with Crippen LogP contribution in [-0.2, 0) is 9.59 Å². The number of fused-ring (bicyclic) bond motifs is 1. The second kappa shape index (κ2) is 11.5. The fraction of sp³-hybridized carbons (Fsp3) is 0.0667. The van der Waals surface area contributed by atoms with Crippen LogP contribution in [0.1, 0.15) is 16.4 Å². The molecule has 1 aliphatic rings.